The Balaban J connectivity index is 0.000000606. The van der Waals surface area contributed by atoms with Gasteiger partial charge < -0.3 is 0 Å². The van der Waals surface area contributed by atoms with Crippen LogP contribution in [0, 0.1) is 5.92 Å². The summed E-state index contributed by atoms with van der Waals surface area (Å²) in [7, 11) is 0. The van der Waals surface area contributed by atoms with E-state index in [4.69, 9.17) is 0 Å². The van der Waals surface area contributed by atoms with Crippen molar-refractivity contribution in [3.8, 4) is 0 Å². The summed E-state index contributed by atoms with van der Waals surface area (Å²) in [4.78, 5) is 0. The quantitative estimate of drug-likeness (QED) is 0.682. The van der Waals surface area contributed by atoms with Crippen LogP contribution < -0.4 is 0 Å². The van der Waals surface area contributed by atoms with Crippen LogP contribution in [0.1, 0.15) is 56.9 Å². The highest BCUT2D eigenvalue weighted by Crippen LogP contribution is 2.29. The van der Waals surface area contributed by atoms with Crippen LogP contribution in [0.25, 0.3) is 0 Å². The lowest BCUT2D eigenvalue weighted by Gasteiger charge is -2.09. The molecule has 1 aliphatic rings. The molecule has 0 spiro atoms. The topological polar surface area (TPSA) is 0 Å². The number of fused-ring (bicyclic) bond motifs is 1. The molecule has 0 N–H and O–H groups in total. The molecule has 1 aromatic carbocycles. The van der Waals surface area contributed by atoms with Crippen molar-refractivity contribution in [2.75, 3.05) is 0 Å². The monoisotopic (exact) mass is 218 g/mol. The molecule has 0 saturated carbocycles. The van der Waals surface area contributed by atoms with Crippen LogP contribution in [0.2, 0.25) is 0 Å². The molecular formula is C16H26. The summed E-state index contributed by atoms with van der Waals surface area (Å²) in [6, 6.07) is 4.91. The normalized spacial score (nSPS) is 14.3. The first-order chi connectivity index (χ1) is 7.74. The van der Waals surface area contributed by atoms with E-state index in [1.807, 2.05) is 13.8 Å². The van der Waals surface area contributed by atoms with Crippen LogP contribution in [0.5, 0.6) is 0 Å². The molecule has 0 heteroatoms. The predicted octanol–water partition coefficient (Wildman–Crippen LogP) is 4.57. The Morgan fingerprint density at radius 1 is 0.938 bits per heavy atom. The zero-order valence-corrected chi connectivity index (χ0v) is 11.6. The molecule has 1 aliphatic carbocycles. The highest BCUT2D eigenvalue weighted by molar-refractivity contribution is 5.41. The van der Waals surface area contributed by atoms with Gasteiger partial charge in [0.05, 0.1) is 0 Å². The Hall–Kier alpha value is -0.780. The minimum atomic E-state index is 0.863. The standard InChI is InChI=1S/C14H20.C2H6/c1-4-11-8-13-6-10(3)7-14(13)9-12(11)5-2;1-2/h8-10H,4-7H2,1-3H3;1-2H3. The number of rotatable bonds is 2. The molecule has 0 unspecified atom stereocenters. The first-order valence-corrected chi connectivity index (χ1v) is 6.88. The Bertz CT molecular complexity index is 303. The molecule has 0 aromatic heterocycles. The van der Waals surface area contributed by atoms with E-state index >= 15 is 0 Å². The minimum Gasteiger partial charge on any atom is -0.0683 e. The van der Waals surface area contributed by atoms with Crippen LogP contribution >= 0.6 is 0 Å². The highest BCUT2D eigenvalue weighted by Gasteiger charge is 2.18. The summed E-state index contributed by atoms with van der Waals surface area (Å²) >= 11 is 0. The molecule has 90 valence electrons. The molecule has 0 aliphatic heterocycles. The zero-order chi connectivity index (χ0) is 12.1. The van der Waals surface area contributed by atoms with Gasteiger partial charge in [-0.3, -0.25) is 0 Å². The van der Waals surface area contributed by atoms with Crippen LogP contribution in [-0.2, 0) is 25.7 Å². The number of hydrogen-bond acceptors (Lipinski definition) is 0. The predicted molar refractivity (Wildman–Crippen MR) is 73.1 cm³/mol. The second-order valence-corrected chi connectivity index (χ2v) is 4.61. The second-order valence-electron chi connectivity index (χ2n) is 4.61. The largest absolute Gasteiger partial charge is 0.0683 e. The van der Waals surface area contributed by atoms with Gasteiger partial charge in [0.15, 0.2) is 0 Å². The summed E-state index contributed by atoms with van der Waals surface area (Å²) in [6.45, 7) is 10.9. The Kier molecular flexibility index (Phi) is 5.05. The lowest BCUT2D eigenvalue weighted by atomic mass is 9.97. The average molecular weight is 218 g/mol. The van der Waals surface area contributed by atoms with Gasteiger partial charge in [-0.25, -0.2) is 0 Å². The smallest absolute Gasteiger partial charge is 0.0247 e. The number of hydrogen-bond donors (Lipinski definition) is 0. The van der Waals surface area contributed by atoms with E-state index in [0.717, 1.165) is 5.92 Å². The molecule has 0 atom stereocenters. The van der Waals surface area contributed by atoms with Gasteiger partial charge in [-0.15, -0.1) is 0 Å². The maximum absolute atomic E-state index is 2.46. The van der Waals surface area contributed by atoms with E-state index in [-0.39, 0.29) is 0 Å². The van der Waals surface area contributed by atoms with Gasteiger partial charge in [-0.05, 0) is 53.9 Å². The van der Waals surface area contributed by atoms with Gasteiger partial charge in [0.25, 0.3) is 0 Å². The molecule has 0 amide bonds. The van der Waals surface area contributed by atoms with Gasteiger partial charge in [-0.2, -0.15) is 0 Å². The van der Waals surface area contributed by atoms with Crippen LogP contribution in [-0.4, -0.2) is 0 Å². The Morgan fingerprint density at radius 3 is 1.62 bits per heavy atom. The van der Waals surface area contributed by atoms with E-state index in [1.54, 1.807) is 22.3 Å². The summed E-state index contributed by atoms with van der Waals surface area (Å²) < 4.78 is 0. The fraction of sp³-hybridized carbons (Fsp3) is 0.625. The molecule has 0 saturated heterocycles. The lowest BCUT2D eigenvalue weighted by molar-refractivity contribution is 0.627. The van der Waals surface area contributed by atoms with Gasteiger partial charge in [0.1, 0.15) is 0 Å². The zero-order valence-electron chi connectivity index (χ0n) is 11.6. The molecule has 16 heavy (non-hydrogen) atoms. The maximum Gasteiger partial charge on any atom is -0.0247 e. The number of benzene rings is 1. The van der Waals surface area contributed by atoms with E-state index in [9.17, 15) is 0 Å². The molecule has 0 nitrogen and oxygen atoms in total. The SMILES string of the molecule is CC.CCc1cc2c(cc1CC)CC(C)C2. The van der Waals surface area contributed by atoms with Crippen molar-refractivity contribution in [1.29, 1.82) is 0 Å². The van der Waals surface area contributed by atoms with E-state index in [2.05, 4.69) is 32.9 Å². The van der Waals surface area contributed by atoms with Crippen molar-refractivity contribution in [1.82, 2.24) is 0 Å². The molecule has 0 radical (unpaired) electrons. The maximum atomic E-state index is 2.46. The molecule has 0 heterocycles. The van der Waals surface area contributed by atoms with Gasteiger partial charge >= 0.3 is 0 Å². The molecule has 1 aromatic rings. The van der Waals surface area contributed by atoms with E-state index in [0.29, 0.717) is 0 Å². The highest BCUT2D eigenvalue weighted by atomic mass is 14.2. The third-order valence-corrected chi connectivity index (χ3v) is 3.42. The molecule has 0 fully saturated rings. The molecule has 2 rings (SSSR count). The fourth-order valence-corrected chi connectivity index (χ4v) is 2.65. The molecule has 0 bridgehead atoms. The van der Waals surface area contributed by atoms with Gasteiger partial charge in [0, 0.05) is 0 Å². The summed E-state index contributed by atoms with van der Waals surface area (Å²) in [6.07, 6.45) is 4.97. The van der Waals surface area contributed by atoms with Crippen molar-refractivity contribution in [3.63, 3.8) is 0 Å². The second kappa shape index (κ2) is 6.08. The van der Waals surface area contributed by atoms with Crippen molar-refractivity contribution < 1.29 is 0 Å². The number of aryl methyl sites for hydroxylation is 2. The van der Waals surface area contributed by atoms with E-state index in [1.165, 1.54) is 25.7 Å². The summed E-state index contributed by atoms with van der Waals surface area (Å²) in [5, 5.41) is 0. The van der Waals surface area contributed by atoms with Crippen molar-refractivity contribution in [3.05, 3.63) is 34.4 Å². The summed E-state index contributed by atoms with van der Waals surface area (Å²) in [5.74, 6) is 0.863. The van der Waals surface area contributed by atoms with Crippen molar-refractivity contribution in [2.45, 2.75) is 60.3 Å². The Labute approximate surface area is 101 Å². The van der Waals surface area contributed by atoms with Crippen LogP contribution in [0.15, 0.2) is 12.1 Å². The van der Waals surface area contributed by atoms with Gasteiger partial charge in [-0.1, -0.05) is 46.8 Å². The van der Waals surface area contributed by atoms with Crippen LogP contribution in [0.3, 0.4) is 0 Å². The van der Waals surface area contributed by atoms with E-state index < -0.39 is 0 Å². The fourth-order valence-electron chi connectivity index (χ4n) is 2.65. The first kappa shape index (κ1) is 13.3. The third kappa shape index (κ3) is 2.66. The average Bonchev–Trinajstić information content (AvgIpc) is 2.68. The minimum absolute atomic E-state index is 0.863. The summed E-state index contributed by atoms with van der Waals surface area (Å²) in [5.41, 5.74) is 6.37. The van der Waals surface area contributed by atoms with Gasteiger partial charge in [0.2, 0.25) is 0 Å². The van der Waals surface area contributed by atoms with Crippen molar-refractivity contribution >= 4 is 0 Å². The lowest BCUT2D eigenvalue weighted by Crippen LogP contribution is -1.94. The van der Waals surface area contributed by atoms with Crippen LogP contribution in [0.4, 0.5) is 0 Å². The molecular weight excluding hydrogens is 192 g/mol. The van der Waals surface area contributed by atoms with Crippen molar-refractivity contribution in [2.24, 2.45) is 5.92 Å². The third-order valence-electron chi connectivity index (χ3n) is 3.42. The Morgan fingerprint density at radius 2 is 1.31 bits per heavy atom. The first-order valence-electron chi connectivity index (χ1n) is 6.88.